The molecule has 0 fully saturated rings. The Morgan fingerprint density at radius 3 is 2.93 bits per heavy atom. The summed E-state index contributed by atoms with van der Waals surface area (Å²) in [4.78, 5) is 0. The molecule has 15 heavy (non-hydrogen) atoms. The predicted molar refractivity (Wildman–Crippen MR) is 63.2 cm³/mol. The van der Waals surface area contributed by atoms with Gasteiger partial charge in [-0.05, 0) is 30.2 Å². The second-order valence-corrected chi connectivity index (χ2v) is 3.42. The molecule has 0 aliphatic carbocycles. The number of benzene rings is 1. The van der Waals surface area contributed by atoms with Crippen molar-refractivity contribution in [3.8, 4) is 0 Å². The first kappa shape index (κ1) is 9.78. The standard InChI is InChI=1S/C14H14O/c1-2-3-4-9-14-10-12-7-5-6-8-13(12)11-15-14/h2-10H,11H2,1H3/b3-2-,9-4-. The van der Waals surface area contributed by atoms with E-state index in [2.05, 4.69) is 18.2 Å². The summed E-state index contributed by atoms with van der Waals surface area (Å²) in [5.74, 6) is 0.923. The van der Waals surface area contributed by atoms with Crippen molar-refractivity contribution in [1.82, 2.24) is 0 Å². The quantitative estimate of drug-likeness (QED) is 0.658. The maximum atomic E-state index is 5.59. The highest BCUT2D eigenvalue weighted by Crippen LogP contribution is 2.21. The smallest absolute Gasteiger partial charge is 0.120 e. The molecule has 1 aliphatic heterocycles. The average molecular weight is 198 g/mol. The van der Waals surface area contributed by atoms with Gasteiger partial charge in [0.25, 0.3) is 0 Å². The van der Waals surface area contributed by atoms with Gasteiger partial charge in [-0.15, -0.1) is 0 Å². The van der Waals surface area contributed by atoms with E-state index in [-0.39, 0.29) is 0 Å². The summed E-state index contributed by atoms with van der Waals surface area (Å²) in [6, 6.07) is 8.30. The van der Waals surface area contributed by atoms with Gasteiger partial charge in [0.15, 0.2) is 0 Å². The number of ether oxygens (including phenoxy) is 1. The van der Waals surface area contributed by atoms with Crippen LogP contribution in [-0.4, -0.2) is 0 Å². The van der Waals surface area contributed by atoms with Gasteiger partial charge in [-0.2, -0.15) is 0 Å². The minimum absolute atomic E-state index is 0.669. The van der Waals surface area contributed by atoms with Crippen molar-refractivity contribution in [3.63, 3.8) is 0 Å². The fourth-order valence-electron chi connectivity index (χ4n) is 1.52. The van der Waals surface area contributed by atoms with Crippen LogP contribution in [0.25, 0.3) is 6.08 Å². The van der Waals surface area contributed by atoms with E-state index in [1.54, 1.807) is 0 Å². The monoisotopic (exact) mass is 198 g/mol. The van der Waals surface area contributed by atoms with Crippen molar-refractivity contribution >= 4 is 6.08 Å². The SMILES string of the molecule is C/C=C\C=C/C1=Cc2ccccc2CO1. The lowest BCUT2D eigenvalue weighted by atomic mass is 10.1. The zero-order valence-corrected chi connectivity index (χ0v) is 8.81. The molecule has 0 atom stereocenters. The number of hydrogen-bond donors (Lipinski definition) is 0. The van der Waals surface area contributed by atoms with Crippen LogP contribution in [0.3, 0.4) is 0 Å². The van der Waals surface area contributed by atoms with Gasteiger partial charge in [0.1, 0.15) is 12.4 Å². The third-order valence-electron chi connectivity index (χ3n) is 2.31. The minimum atomic E-state index is 0.669. The molecule has 0 saturated heterocycles. The fourth-order valence-corrected chi connectivity index (χ4v) is 1.52. The van der Waals surface area contributed by atoms with E-state index in [0.717, 1.165) is 5.76 Å². The maximum absolute atomic E-state index is 5.59. The molecule has 76 valence electrons. The van der Waals surface area contributed by atoms with E-state index in [4.69, 9.17) is 4.74 Å². The summed E-state index contributed by atoms with van der Waals surface area (Å²) in [5, 5.41) is 0. The van der Waals surface area contributed by atoms with E-state index in [9.17, 15) is 0 Å². The molecule has 1 aliphatic rings. The van der Waals surface area contributed by atoms with Crippen molar-refractivity contribution < 1.29 is 4.74 Å². The molecule has 1 aromatic carbocycles. The van der Waals surface area contributed by atoms with Crippen molar-refractivity contribution in [3.05, 3.63) is 65.5 Å². The fraction of sp³-hybridized carbons (Fsp3) is 0.143. The lowest BCUT2D eigenvalue weighted by Gasteiger charge is -2.15. The normalized spacial score (nSPS) is 15.1. The summed E-state index contributed by atoms with van der Waals surface area (Å²) in [5.41, 5.74) is 2.50. The van der Waals surface area contributed by atoms with Crippen molar-refractivity contribution in [2.75, 3.05) is 0 Å². The number of allylic oxidation sites excluding steroid dienone is 4. The Labute approximate surface area is 90.4 Å². The molecule has 0 radical (unpaired) electrons. The van der Waals surface area contributed by atoms with Gasteiger partial charge in [0.05, 0.1) is 0 Å². The van der Waals surface area contributed by atoms with E-state index < -0.39 is 0 Å². The van der Waals surface area contributed by atoms with Crippen LogP contribution in [0.15, 0.2) is 54.3 Å². The first-order chi connectivity index (χ1) is 7.40. The molecule has 1 aromatic rings. The van der Waals surface area contributed by atoms with Crippen LogP contribution in [0.2, 0.25) is 0 Å². The molecule has 1 nitrogen and oxygen atoms in total. The van der Waals surface area contributed by atoms with Crippen LogP contribution in [0.4, 0.5) is 0 Å². The molecule has 1 heteroatoms. The second-order valence-electron chi connectivity index (χ2n) is 3.42. The number of fused-ring (bicyclic) bond motifs is 1. The minimum Gasteiger partial charge on any atom is -0.489 e. The zero-order valence-electron chi connectivity index (χ0n) is 8.81. The van der Waals surface area contributed by atoms with Gasteiger partial charge in [0.2, 0.25) is 0 Å². The Kier molecular flexibility index (Phi) is 3.03. The van der Waals surface area contributed by atoms with E-state index in [1.165, 1.54) is 11.1 Å². The van der Waals surface area contributed by atoms with Gasteiger partial charge in [-0.3, -0.25) is 0 Å². The molecule has 2 rings (SSSR count). The molecular formula is C14H14O. The van der Waals surface area contributed by atoms with Gasteiger partial charge in [-0.25, -0.2) is 0 Å². The number of hydrogen-bond acceptors (Lipinski definition) is 1. The Hall–Kier alpha value is -1.76. The lowest BCUT2D eigenvalue weighted by molar-refractivity contribution is 0.209. The average Bonchev–Trinajstić information content (AvgIpc) is 2.29. The van der Waals surface area contributed by atoms with E-state index in [1.807, 2.05) is 43.4 Å². The van der Waals surface area contributed by atoms with Crippen molar-refractivity contribution in [2.24, 2.45) is 0 Å². The van der Waals surface area contributed by atoms with Crippen LogP contribution in [0.5, 0.6) is 0 Å². The number of rotatable bonds is 2. The molecule has 0 aromatic heterocycles. The molecule has 0 spiro atoms. The predicted octanol–water partition coefficient (Wildman–Crippen LogP) is 3.69. The Balaban J connectivity index is 2.22. The third-order valence-corrected chi connectivity index (χ3v) is 2.31. The van der Waals surface area contributed by atoms with Crippen LogP contribution >= 0.6 is 0 Å². The summed E-state index contributed by atoms with van der Waals surface area (Å²) in [6.07, 6.45) is 10.0. The molecule has 0 saturated carbocycles. The molecule has 1 heterocycles. The van der Waals surface area contributed by atoms with Crippen LogP contribution in [0.1, 0.15) is 18.1 Å². The summed E-state index contributed by atoms with van der Waals surface area (Å²) >= 11 is 0. The topological polar surface area (TPSA) is 9.23 Å². The highest BCUT2D eigenvalue weighted by atomic mass is 16.5. The van der Waals surface area contributed by atoms with Gasteiger partial charge in [-0.1, -0.05) is 42.5 Å². The van der Waals surface area contributed by atoms with Crippen molar-refractivity contribution in [2.45, 2.75) is 13.5 Å². The van der Waals surface area contributed by atoms with Crippen molar-refractivity contribution in [1.29, 1.82) is 0 Å². The molecule has 0 unspecified atom stereocenters. The summed E-state index contributed by atoms with van der Waals surface area (Å²) in [6.45, 7) is 2.66. The van der Waals surface area contributed by atoms with E-state index >= 15 is 0 Å². The van der Waals surface area contributed by atoms with Crippen LogP contribution in [-0.2, 0) is 11.3 Å². The van der Waals surface area contributed by atoms with Crippen LogP contribution < -0.4 is 0 Å². The molecule has 0 bridgehead atoms. The Bertz CT molecular complexity index is 425. The second kappa shape index (κ2) is 4.65. The highest BCUT2D eigenvalue weighted by Gasteiger charge is 2.07. The molecule has 0 amide bonds. The van der Waals surface area contributed by atoms with E-state index in [0.29, 0.717) is 6.61 Å². The summed E-state index contributed by atoms with van der Waals surface area (Å²) in [7, 11) is 0. The highest BCUT2D eigenvalue weighted by molar-refractivity contribution is 5.59. The van der Waals surface area contributed by atoms with Gasteiger partial charge in [0, 0.05) is 0 Å². The van der Waals surface area contributed by atoms with Gasteiger partial charge >= 0.3 is 0 Å². The zero-order chi connectivity index (χ0) is 10.5. The molecule has 0 N–H and O–H groups in total. The Morgan fingerprint density at radius 2 is 2.07 bits per heavy atom. The first-order valence-electron chi connectivity index (χ1n) is 5.12. The summed E-state index contributed by atoms with van der Waals surface area (Å²) < 4.78 is 5.59. The van der Waals surface area contributed by atoms with Gasteiger partial charge < -0.3 is 4.74 Å². The lowest BCUT2D eigenvalue weighted by Crippen LogP contribution is -2.00. The Morgan fingerprint density at radius 1 is 1.20 bits per heavy atom. The van der Waals surface area contributed by atoms with Crippen LogP contribution in [0, 0.1) is 0 Å². The maximum Gasteiger partial charge on any atom is 0.120 e. The molecular weight excluding hydrogens is 184 g/mol. The third kappa shape index (κ3) is 2.38. The first-order valence-corrected chi connectivity index (χ1v) is 5.12. The largest absolute Gasteiger partial charge is 0.489 e.